The van der Waals surface area contributed by atoms with Gasteiger partial charge in [0.15, 0.2) is 5.75 Å². The second kappa shape index (κ2) is 7.93. The van der Waals surface area contributed by atoms with Crippen molar-refractivity contribution in [3.8, 4) is 5.75 Å². The zero-order chi connectivity index (χ0) is 14.4. The van der Waals surface area contributed by atoms with E-state index in [1.807, 2.05) is 18.2 Å². The number of ether oxygens (including phenoxy) is 2. The lowest BCUT2D eigenvalue weighted by atomic mass is 10.2. The highest BCUT2D eigenvalue weighted by atomic mass is 79.9. The number of pyridine rings is 1. The lowest BCUT2D eigenvalue weighted by Gasteiger charge is -2.12. The summed E-state index contributed by atoms with van der Waals surface area (Å²) in [4.78, 5) is 4.41. The van der Waals surface area contributed by atoms with E-state index in [4.69, 9.17) is 9.47 Å². The Morgan fingerprint density at radius 3 is 2.80 bits per heavy atom. The van der Waals surface area contributed by atoms with E-state index >= 15 is 0 Å². The van der Waals surface area contributed by atoms with Crippen LogP contribution in [0.2, 0.25) is 0 Å². The number of hydrogen-bond acceptors (Lipinski definition) is 4. The molecular weight excluding hydrogens is 388 g/mol. The van der Waals surface area contributed by atoms with Crippen LogP contribution in [0.25, 0.3) is 10.9 Å². The van der Waals surface area contributed by atoms with Crippen LogP contribution in [0.15, 0.2) is 33.3 Å². The van der Waals surface area contributed by atoms with Gasteiger partial charge in [-0.1, -0.05) is 22.0 Å². The van der Waals surface area contributed by atoms with E-state index in [0.717, 1.165) is 38.7 Å². The molecule has 4 nitrogen and oxygen atoms in total. The van der Waals surface area contributed by atoms with Crippen LogP contribution in [0.3, 0.4) is 0 Å². The number of hydrogen-bond donors (Lipinski definition) is 1. The zero-order valence-electron chi connectivity index (χ0n) is 11.2. The Hall–Kier alpha value is -0.690. The Bertz CT molecular complexity index is 578. The first kappa shape index (κ1) is 15.7. The number of aromatic nitrogens is 1. The summed E-state index contributed by atoms with van der Waals surface area (Å²) < 4.78 is 12.7. The van der Waals surface area contributed by atoms with E-state index in [2.05, 4.69) is 42.2 Å². The van der Waals surface area contributed by atoms with Crippen LogP contribution in [0.1, 0.15) is 0 Å². The molecule has 1 heterocycles. The summed E-state index contributed by atoms with van der Waals surface area (Å²) in [5, 5.41) is 4.28. The highest BCUT2D eigenvalue weighted by Crippen LogP contribution is 2.37. The van der Waals surface area contributed by atoms with E-state index in [0.29, 0.717) is 13.2 Å². The van der Waals surface area contributed by atoms with Crippen LogP contribution < -0.4 is 10.1 Å². The molecule has 0 aliphatic carbocycles. The minimum atomic E-state index is 0.579. The maximum absolute atomic E-state index is 5.85. The smallest absolute Gasteiger partial charge is 0.159 e. The standard InChI is InChI=1S/C14H16Br2N2O2/c1-19-7-5-17-6-8-20-14-12(16)9-11(15)10-3-2-4-18-13(10)14/h2-4,9,17H,5-8H2,1H3. The summed E-state index contributed by atoms with van der Waals surface area (Å²) in [6.45, 7) is 2.86. The van der Waals surface area contributed by atoms with Gasteiger partial charge in [-0.25, -0.2) is 0 Å². The third kappa shape index (κ3) is 3.91. The lowest BCUT2D eigenvalue weighted by Crippen LogP contribution is -2.24. The molecule has 1 aromatic carbocycles. The van der Waals surface area contributed by atoms with E-state index in [1.165, 1.54) is 0 Å². The third-order valence-corrected chi connectivity index (χ3v) is 4.00. The number of nitrogens with one attached hydrogen (secondary N) is 1. The number of methoxy groups -OCH3 is 1. The van der Waals surface area contributed by atoms with Crippen molar-refractivity contribution in [2.75, 3.05) is 33.4 Å². The predicted molar refractivity (Wildman–Crippen MR) is 87.4 cm³/mol. The molecule has 0 amide bonds. The summed E-state index contributed by atoms with van der Waals surface area (Å²) in [6, 6.07) is 5.91. The first-order valence-corrected chi connectivity index (χ1v) is 7.88. The minimum absolute atomic E-state index is 0.579. The van der Waals surface area contributed by atoms with Crippen LogP contribution in [-0.4, -0.2) is 38.4 Å². The maximum atomic E-state index is 5.85. The van der Waals surface area contributed by atoms with Crippen molar-refractivity contribution in [1.29, 1.82) is 0 Å². The van der Waals surface area contributed by atoms with Crippen LogP contribution in [-0.2, 0) is 4.74 Å². The van der Waals surface area contributed by atoms with Gasteiger partial charge in [0.05, 0.1) is 11.1 Å². The molecule has 2 aromatic rings. The molecule has 0 aliphatic heterocycles. The SMILES string of the molecule is COCCNCCOc1c(Br)cc(Br)c2cccnc12. The van der Waals surface area contributed by atoms with E-state index in [9.17, 15) is 0 Å². The number of benzene rings is 1. The molecule has 0 bridgehead atoms. The second-order valence-electron chi connectivity index (χ2n) is 4.16. The van der Waals surface area contributed by atoms with Crippen LogP contribution >= 0.6 is 31.9 Å². The molecule has 6 heteroatoms. The van der Waals surface area contributed by atoms with Gasteiger partial charge in [0, 0.05) is 36.3 Å². The Morgan fingerprint density at radius 2 is 2.00 bits per heavy atom. The molecule has 0 aliphatic rings. The fourth-order valence-corrected chi connectivity index (χ4v) is 3.20. The Kier molecular flexibility index (Phi) is 6.22. The first-order chi connectivity index (χ1) is 9.74. The van der Waals surface area contributed by atoms with Gasteiger partial charge in [-0.3, -0.25) is 4.98 Å². The van der Waals surface area contributed by atoms with Gasteiger partial charge in [-0.05, 0) is 28.1 Å². The molecular formula is C14H16Br2N2O2. The van der Waals surface area contributed by atoms with E-state index in [-0.39, 0.29) is 0 Å². The second-order valence-corrected chi connectivity index (χ2v) is 5.87. The van der Waals surface area contributed by atoms with Gasteiger partial charge >= 0.3 is 0 Å². The normalized spacial score (nSPS) is 10.9. The molecule has 0 saturated heterocycles. The summed E-state index contributed by atoms with van der Waals surface area (Å²) in [5.41, 5.74) is 0.852. The average molecular weight is 404 g/mol. The van der Waals surface area contributed by atoms with Gasteiger partial charge in [-0.15, -0.1) is 0 Å². The molecule has 0 saturated carbocycles. The molecule has 108 valence electrons. The fourth-order valence-electron chi connectivity index (χ4n) is 1.81. The molecule has 0 spiro atoms. The average Bonchev–Trinajstić information content (AvgIpc) is 2.45. The van der Waals surface area contributed by atoms with Crippen molar-refractivity contribution >= 4 is 42.8 Å². The molecule has 0 unspecified atom stereocenters. The minimum Gasteiger partial charge on any atom is -0.489 e. The Morgan fingerprint density at radius 1 is 1.20 bits per heavy atom. The van der Waals surface area contributed by atoms with Crippen LogP contribution in [0, 0.1) is 0 Å². The molecule has 0 radical (unpaired) electrons. The van der Waals surface area contributed by atoms with Gasteiger partial charge < -0.3 is 14.8 Å². The zero-order valence-corrected chi connectivity index (χ0v) is 14.3. The van der Waals surface area contributed by atoms with Crippen molar-refractivity contribution in [2.45, 2.75) is 0 Å². The molecule has 0 atom stereocenters. The predicted octanol–water partition coefficient (Wildman–Crippen LogP) is 3.37. The third-order valence-electron chi connectivity index (χ3n) is 2.76. The highest BCUT2D eigenvalue weighted by molar-refractivity contribution is 9.11. The number of halogens is 2. The molecule has 2 rings (SSSR count). The topological polar surface area (TPSA) is 43.4 Å². The van der Waals surface area contributed by atoms with E-state index < -0.39 is 0 Å². The first-order valence-electron chi connectivity index (χ1n) is 6.29. The molecule has 20 heavy (non-hydrogen) atoms. The van der Waals surface area contributed by atoms with Crippen molar-refractivity contribution in [3.63, 3.8) is 0 Å². The summed E-state index contributed by atoms with van der Waals surface area (Å²) in [6.07, 6.45) is 1.77. The highest BCUT2D eigenvalue weighted by Gasteiger charge is 2.11. The monoisotopic (exact) mass is 402 g/mol. The van der Waals surface area contributed by atoms with Gasteiger partial charge in [0.25, 0.3) is 0 Å². The van der Waals surface area contributed by atoms with E-state index in [1.54, 1.807) is 13.3 Å². The van der Waals surface area contributed by atoms with Gasteiger partial charge in [0.2, 0.25) is 0 Å². The largest absolute Gasteiger partial charge is 0.489 e. The van der Waals surface area contributed by atoms with Crippen LogP contribution in [0.5, 0.6) is 5.75 Å². The van der Waals surface area contributed by atoms with Crippen molar-refractivity contribution in [2.24, 2.45) is 0 Å². The van der Waals surface area contributed by atoms with Gasteiger partial charge in [-0.2, -0.15) is 0 Å². The van der Waals surface area contributed by atoms with Crippen molar-refractivity contribution in [1.82, 2.24) is 10.3 Å². The van der Waals surface area contributed by atoms with Crippen LogP contribution in [0.4, 0.5) is 0 Å². The number of rotatable bonds is 7. The molecule has 1 N–H and O–H groups in total. The molecule has 0 fully saturated rings. The number of fused-ring (bicyclic) bond motifs is 1. The fraction of sp³-hybridized carbons (Fsp3) is 0.357. The summed E-state index contributed by atoms with van der Waals surface area (Å²) in [7, 11) is 1.69. The number of nitrogens with zero attached hydrogens (tertiary/aromatic N) is 1. The summed E-state index contributed by atoms with van der Waals surface area (Å²) >= 11 is 7.07. The Labute approximate surface area is 135 Å². The van der Waals surface area contributed by atoms with Gasteiger partial charge in [0.1, 0.15) is 12.1 Å². The Balaban J connectivity index is 2.06. The summed E-state index contributed by atoms with van der Waals surface area (Å²) in [5.74, 6) is 0.775. The van der Waals surface area contributed by atoms with Crippen molar-refractivity contribution < 1.29 is 9.47 Å². The van der Waals surface area contributed by atoms with Crippen molar-refractivity contribution in [3.05, 3.63) is 33.3 Å². The quantitative estimate of drug-likeness (QED) is 0.719. The lowest BCUT2D eigenvalue weighted by molar-refractivity contribution is 0.197. The maximum Gasteiger partial charge on any atom is 0.159 e. The molecule has 1 aromatic heterocycles.